The molecule has 19 heavy (non-hydrogen) atoms. The van der Waals surface area contributed by atoms with Crippen LogP contribution >= 0.6 is 0 Å². The highest BCUT2D eigenvalue weighted by atomic mass is 16.2. The number of hydrogen-bond acceptors (Lipinski definition) is 3. The van der Waals surface area contributed by atoms with Gasteiger partial charge < -0.3 is 11.1 Å². The molecular weight excluding hydrogens is 238 g/mol. The first-order valence-corrected chi connectivity index (χ1v) is 6.08. The van der Waals surface area contributed by atoms with Gasteiger partial charge >= 0.3 is 0 Å². The van der Waals surface area contributed by atoms with E-state index in [0.717, 1.165) is 11.3 Å². The van der Waals surface area contributed by atoms with E-state index in [-0.39, 0.29) is 5.91 Å². The quantitative estimate of drug-likeness (QED) is 0.885. The summed E-state index contributed by atoms with van der Waals surface area (Å²) in [4.78, 5) is 16.1. The van der Waals surface area contributed by atoms with Crippen LogP contribution in [0.4, 0.5) is 5.69 Å². The van der Waals surface area contributed by atoms with Crippen LogP contribution in [0, 0.1) is 0 Å². The van der Waals surface area contributed by atoms with Crippen LogP contribution < -0.4 is 11.1 Å². The first-order valence-electron chi connectivity index (χ1n) is 6.08. The molecule has 0 aliphatic heterocycles. The number of aromatic nitrogens is 1. The molecular formula is C15H17N3O. The van der Waals surface area contributed by atoms with Gasteiger partial charge in [-0.05, 0) is 38.1 Å². The Balaban J connectivity index is 2.24. The molecule has 0 bridgehead atoms. The van der Waals surface area contributed by atoms with Crippen molar-refractivity contribution in [1.82, 2.24) is 4.98 Å². The van der Waals surface area contributed by atoms with Gasteiger partial charge in [0, 0.05) is 17.4 Å². The van der Waals surface area contributed by atoms with Crippen LogP contribution in [-0.2, 0) is 4.79 Å². The molecule has 3 N–H and O–H groups in total. The molecule has 0 spiro atoms. The van der Waals surface area contributed by atoms with Crippen LogP contribution in [0.25, 0.3) is 11.3 Å². The summed E-state index contributed by atoms with van der Waals surface area (Å²) < 4.78 is 0. The topological polar surface area (TPSA) is 68.0 Å². The minimum atomic E-state index is -0.902. The number of benzene rings is 1. The fourth-order valence-electron chi connectivity index (χ4n) is 1.58. The van der Waals surface area contributed by atoms with Gasteiger partial charge in [-0.1, -0.05) is 18.2 Å². The van der Waals surface area contributed by atoms with Crippen molar-refractivity contribution >= 4 is 11.6 Å². The second-order valence-electron chi connectivity index (χ2n) is 4.97. The number of nitrogens with two attached hydrogens (primary N) is 1. The van der Waals surface area contributed by atoms with Crippen LogP contribution in [-0.4, -0.2) is 16.4 Å². The van der Waals surface area contributed by atoms with Crippen LogP contribution in [0.1, 0.15) is 13.8 Å². The molecule has 0 unspecified atom stereocenters. The number of pyridine rings is 1. The van der Waals surface area contributed by atoms with E-state index in [1.54, 1.807) is 20.0 Å². The molecule has 0 saturated carbocycles. The molecule has 1 aromatic carbocycles. The molecule has 4 heteroatoms. The van der Waals surface area contributed by atoms with Crippen molar-refractivity contribution in [2.45, 2.75) is 19.4 Å². The number of nitrogens with zero attached hydrogens (tertiary/aromatic N) is 1. The minimum absolute atomic E-state index is 0.217. The van der Waals surface area contributed by atoms with E-state index in [2.05, 4.69) is 10.3 Å². The highest BCUT2D eigenvalue weighted by Gasteiger charge is 2.21. The Bertz CT molecular complexity index is 573. The van der Waals surface area contributed by atoms with Gasteiger partial charge in [-0.25, -0.2) is 0 Å². The Morgan fingerprint density at radius 2 is 2.00 bits per heavy atom. The minimum Gasteiger partial charge on any atom is -0.324 e. The average molecular weight is 255 g/mol. The number of carbonyl (C=O) groups is 1. The monoisotopic (exact) mass is 255 g/mol. The zero-order chi connectivity index (χ0) is 13.9. The highest BCUT2D eigenvalue weighted by molar-refractivity contribution is 5.97. The van der Waals surface area contributed by atoms with E-state index < -0.39 is 5.54 Å². The van der Waals surface area contributed by atoms with Crippen molar-refractivity contribution in [2.24, 2.45) is 5.73 Å². The Morgan fingerprint density at radius 3 is 2.63 bits per heavy atom. The predicted molar refractivity (Wildman–Crippen MR) is 76.6 cm³/mol. The SMILES string of the molecule is CC(C)(N)C(=O)Nc1cccc(-c2ccccn2)c1. The van der Waals surface area contributed by atoms with Gasteiger partial charge in [-0.2, -0.15) is 0 Å². The Kier molecular flexibility index (Phi) is 3.62. The number of hydrogen-bond donors (Lipinski definition) is 2. The second-order valence-corrected chi connectivity index (χ2v) is 4.97. The van der Waals surface area contributed by atoms with Crippen molar-refractivity contribution in [3.8, 4) is 11.3 Å². The van der Waals surface area contributed by atoms with Gasteiger partial charge in [0.05, 0.1) is 11.2 Å². The zero-order valence-corrected chi connectivity index (χ0v) is 11.1. The number of rotatable bonds is 3. The summed E-state index contributed by atoms with van der Waals surface area (Å²) in [7, 11) is 0. The van der Waals surface area contributed by atoms with Crippen molar-refractivity contribution in [3.05, 3.63) is 48.7 Å². The smallest absolute Gasteiger partial charge is 0.243 e. The zero-order valence-electron chi connectivity index (χ0n) is 11.1. The third-order valence-electron chi connectivity index (χ3n) is 2.67. The fourth-order valence-corrected chi connectivity index (χ4v) is 1.58. The molecule has 1 heterocycles. The van der Waals surface area contributed by atoms with E-state index in [1.165, 1.54) is 0 Å². The van der Waals surface area contributed by atoms with Crippen molar-refractivity contribution in [1.29, 1.82) is 0 Å². The Morgan fingerprint density at radius 1 is 1.21 bits per heavy atom. The highest BCUT2D eigenvalue weighted by Crippen LogP contribution is 2.20. The van der Waals surface area contributed by atoms with Crippen LogP contribution in [0.2, 0.25) is 0 Å². The summed E-state index contributed by atoms with van der Waals surface area (Å²) in [6, 6.07) is 13.3. The van der Waals surface area contributed by atoms with E-state index in [4.69, 9.17) is 5.73 Å². The van der Waals surface area contributed by atoms with Gasteiger partial charge in [0.15, 0.2) is 0 Å². The molecule has 4 nitrogen and oxygen atoms in total. The molecule has 98 valence electrons. The van der Waals surface area contributed by atoms with E-state index >= 15 is 0 Å². The molecule has 0 aliphatic rings. The third kappa shape index (κ3) is 3.39. The van der Waals surface area contributed by atoms with E-state index in [1.807, 2.05) is 42.5 Å². The first kappa shape index (κ1) is 13.2. The molecule has 1 amide bonds. The number of anilines is 1. The maximum Gasteiger partial charge on any atom is 0.243 e. The summed E-state index contributed by atoms with van der Waals surface area (Å²) in [5.41, 5.74) is 7.38. The Labute approximate surface area is 112 Å². The molecule has 2 rings (SSSR count). The maximum atomic E-state index is 11.8. The lowest BCUT2D eigenvalue weighted by Gasteiger charge is -2.18. The predicted octanol–water partition coefficient (Wildman–Crippen LogP) is 2.42. The van der Waals surface area contributed by atoms with Gasteiger partial charge in [0.1, 0.15) is 0 Å². The second kappa shape index (κ2) is 5.20. The molecule has 2 aromatic rings. The number of carbonyl (C=O) groups excluding carboxylic acids is 1. The van der Waals surface area contributed by atoms with Gasteiger partial charge in [-0.3, -0.25) is 9.78 Å². The van der Waals surface area contributed by atoms with E-state index in [9.17, 15) is 4.79 Å². The molecule has 0 saturated heterocycles. The molecule has 0 radical (unpaired) electrons. The summed E-state index contributed by atoms with van der Waals surface area (Å²) in [5, 5.41) is 2.80. The van der Waals surface area contributed by atoms with Crippen molar-refractivity contribution in [3.63, 3.8) is 0 Å². The molecule has 0 aliphatic carbocycles. The average Bonchev–Trinajstić information content (AvgIpc) is 2.39. The third-order valence-corrected chi connectivity index (χ3v) is 2.67. The van der Waals surface area contributed by atoms with Crippen LogP contribution in [0.15, 0.2) is 48.7 Å². The largest absolute Gasteiger partial charge is 0.324 e. The summed E-state index contributed by atoms with van der Waals surface area (Å²) >= 11 is 0. The van der Waals surface area contributed by atoms with Gasteiger partial charge in [0.25, 0.3) is 0 Å². The normalized spacial score (nSPS) is 11.1. The maximum absolute atomic E-state index is 11.8. The molecule has 0 atom stereocenters. The Hall–Kier alpha value is -2.20. The first-order chi connectivity index (χ1) is 8.97. The molecule has 1 aromatic heterocycles. The van der Waals surface area contributed by atoms with Crippen LogP contribution in [0.3, 0.4) is 0 Å². The summed E-state index contributed by atoms with van der Waals surface area (Å²) in [6.07, 6.45) is 1.74. The van der Waals surface area contributed by atoms with Crippen LogP contribution in [0.5, 0.6) is 0 Å². The summed E-state index contributed by atoms with van der Waals surface area (Å²) in [5.74, 6) is -0.217. The standard InChI is InChI=1S/C15H17N3O/c1-15(2,16)14(19)18-12-7-5-6-11(10-12)13-8-3-4-9-17-13/h3-10H,16H2,1-2H3,(H,18,19). The number of amides is 1. The molecule has 0 fully saturated rings. The lowest BCUT2D eigenvalue weighted by molar-refractivity contribution is -0.120. The van der Waals surface area contributed by atoms with Gasteiger partial charge in [0.2, 0.25) is 5.91 Å². The fraction of sp³-hybridized carbons (Fsp3) is 0.200. The van der Waals surface area contributed by atoms with Crippen molar-refractivity contribution in [2.75, 3.05) is 5.32 Å². The van der Waals surface area contributed by atoms with E-state index in [0.29, 0.717) is 5.69 Å². The summed E-state index contributed by atoms with van der Waals surface area (Å²) in [6.45, 7) is 3.34. The lowest BCUT2D eigenvalue weighted by Crippen LogP contribution is -2.45. The number of nitrogens with one attached hydrogen (secondary N) is 1. The van der Waals surface area contributed by atoms with Gasteiger partial charge in [-0.15, -0.1) is 0 Å². The van der Waals surface area contributed by atoms with Crippen molar-refractivity contribution < 1.29 is 4.79 Å². The lowest BCUT2D eigenvalue weighted by atomic mass is 10.1.